The van der Waals surface area contributed by atoms with Gasteiger partial charge in [-0.25, -0.2) is 14.4 Å². The molecule has 0 saturated heterocycles. The first kappa shape index (κ1) is 27.1. The van der Waals surface area contributed by atoms with Gasteiger partial charge in [-0.15, -0.1) is 0 Å². The minimum Gasteiger partial charge on any atom is -0.465 e. The van der Waals surface area contributed by atoms with Gasteiger partial charge in [-0.1, -0.05) is 33.1 Å². The number of unbranched alkanes of at least 4 members (excludes halogenated alkanes) is 1. The summed E-state index contributed by atoms with van der Waals surface area (Å²) in [5, 5.41) is 3.12. The molecule has 0 radical (unpaired) electrons. The van der Waals surface area contributed by atoms with Crippen LogP contribution in [0.2, 0.25) is 0 Å². The highest BCUT2D eigenvalue weighted by molar-refractivity contribution is 5.82. The molecular weight excluding hydrogens is 394 g/mol. The van der Waals surface area contributed by atoms with Gasteiger partial charge >= 0.3 is 23.9 Å². The molecule has 0 unspecified atom stereocenters. The van der Waals surface area contributed by atoms with Crippen LogP contribution in [0, 0.1) is 5.41 Å². The van der Waals surface area contributed by atoms with Crippen LogP contribution in [-0.2, 0) is 38.1 Å². The zero-order valence-electron chi connectivity index (χ0n) is 17.5. The molecule has 9 heteroatoms. The van der Waals surface area contributed by atoms with Crippen molar-refractivity contribution in [1.82, 2.24) is 5.32 Å². The van der Waals surface area contributed by atoms with Crippen molar-refractivity contribution in [3.05, 3.63) is 38.0 Å². The topological polar surface area (TPSA) is 117 Å². The smallest absolute Gasteiger partial charge is 0.330 e. The Balaban J connectivity index is 5.15. The van der Waals surface area contributed by atoms with E-state index in [4.69, 9.17) is 18.9 Å². The lowest BCUT2D eigenvalue weighted by Crippen LogP contribution is -2.43. The Morgan fingerprint density at radius 3 is 1.60 bits per heavy atom. The molecule has 0 aromatic rings. The molecule has 0 heterocycles. The number of nitrogens with one attached hydrogen (secondary N) is 1. The molecule has 0 rings (SSSR count). The Morgan fingerprint density at radius 1 is 0.767 bits per heavy atom. The van der Waals surface area contributed by atoms with Crippen molar-refractivity contribution < 1.29 is 38.1 Å². The fourth-order valence-electron chi connectivity index (χ4n) is 2.02. The standard InChI is InChI=1S/C21H31NO8/c1-5-9-11-22-12-10-20(26)30-16-21(13-27-17(23)6-2,14-28-18(24)7-3)15-29-19(25)8-4/h6-8,22H,2-5,9-16H2,1H3. The first-order chi connectivity index (χ1) is 14.3. The van der Waals surface area contributed by atoms with E-state index in [1.807, 2.05) is 0 Å². The zero-order chi connectivity index (χ0) is 22.8. The van der Waals surface area contributed by atoms with E-state index < -0.39 is 29.3 Å². The Kier molecular flexibility index (Phi) is 14.4. The van der Waals surface area contributed by atoms with Crippen LogP contribution in [0.4, 0.5) is 0 Å². The van der Waals surface area contributed by atoms with E-state index in [1.54, 1.807) is 0 Å². The average Bonchev–Trinajstić information content (AvgIpc) is 2.76. The summed E-state index contributed by atoms with van der Waals surface area (Å²) in [5.74, 6) is -2.73. The van der Waals surface area contributed by atoms with E-state index >= 15 is 0 Å². The number of carbonyl (C=O) groups is 4. The minimum absolute atomic E-state index is 0.116. The van der Waals surface area contributed by atoms with Crippen molar-refractivity contribution in [2.75, 3.05) is 39.5 Å². The second-order valence-corrected chi connectivity index (χ2v) is 6.45. The summed E-state index contributed by atoms with van der Waals surface area (Å²) < 4.78 is 20.4. The maximum absolute atomic E-state index is 12.1. The molecular formula is C21H31NO8. The van der Waals surface area contributed by atoms with Gasteiger partial charge in [0.15, 0.2) is 0 Å². The van der Waals surface area contributed by atoms with E-state index in [1.165, 1.54) is 0 Å². The normalized spacial score (nSPS) is 10.4. The quantitative estimate of drug-likeness (QED) is 0.160. The van der Waals surface area contributed by atoms with Crippen molar-refractivity contribution in [2.24, 2.45) is 5.41 Å². The molecule has 0 atom stereocenters. The minimum atomic E-state index is -1.32. The number of esters is 4. The van der Waals surface area contributed by atoms with Crippen LogP contribution in [-0.4, -0.2) is 63.4 Å². The zero-order valence-corrected chi connectivity index (χ0v) is 17.5. The summed E-state index contributed by atoms with van der Waals surface area (Å²) in [7, 11) is 0. The lowest BCUT2D eigenvalue weighted by Gasteiger charge is -2.31. The van der Waals surface area contributed by atoms with Crippen LogP contribution < -0.4 is 5.32 Å². The molecule has 0 saturated carbocycles. The Morgan fingerprint density at radius 2 is 1.20 bits per heavy atom. The largest absolute Gasteiger partial charge is 0.465 e. The van der Waals surface area contributed by atoms with Gasteiger partial charge in [0.05, 0.1) is 6.42 Å². The average molecular weight is 425 g/mol. The highest BCUT2D eigenvalue weighted by Gasteiger charge is 2.37. The van der Waals surface area contributed by atoms with E-state index in [9.17, 15) is 19.2 Å². The Bertz CT molecular complexity index is 554. The highest BCUT2D eigenvalue weighted by atomic mass is 16.6. The molecule has 0 aliphatic rings. The van der Waals surface area contributed by atoms with Gasteiger partial charge in [-0.3, -0.25) is 4.79 Å². The summed E-state index contributed by atoms with van der Waals surface area (Å²) in [6.45, 7) is 11.8. The molecule has 168 valence electrons. The van der Waals surface area contributed by atoms with Gasteiger partial charge in [0.25, 0.3) is 0 Å². The third-order valence-corrected chi connectivity index (χ3v) is 3.81. The van der Waals surface area contributed by atoms with Gasteiger partial charge < -0.3 is 24.3 Å². The monoisotopic (exact) mass is 425 g/mol. The van der Waals surface area contributed by atoms with E-state index in [0.717, 1.165) is 37.6 Å². The Labute approximate surface area is 177 Å². The summed E-state index contributed by atoms with van der Waals surface area (Å²) >= 11 is 0. The number of ether oxygens (including phenoxy) is 4. The number of hydrogen-bond donors (Lipinski definition) is 1. The molecule has 0 aromatic carbocycles. The van der Waals surface area contributed by atoms with Crippen molar-refractivity contribution >= 4 is 23.9 Å². The third kappa shape index (κ3) is 12.5. The fourth-order valence-corrected chi connectivity index (χ4v) is 2.02. The summed E-state index contributed by atoms with van der Waals surface area (Å²) in [6.07, 6.45) is 5.00. The summed E-state index contributed by atoms with van der Waals surface area (Å²) in [4.78, 5) is 46.6. The maximum atomic E-state index is 12.1. The van der Waals surface area contributed by atoms with E-state index in [-0.39, 0.29) is 32.8 Å². The molecule has 0 fully saturated rings. The SMILES string of the molecule is C=CC(=O)OCC(COC(=O)C=C)(COC(=O)C=C)COC(=O)CCNCCCC. The molecule has 0 amide bonds. The first-order valence-electron chi connectivity index (χ1n) is 9.56. The lowest BCUT2D eigenvalue weighted by atomic mass is 9.92. The molecule has 0 bridgehead atoms. The third-order valence-electron chi connectivity index (χ3n) is 3.81. The maximum Gasteiger partial charge on any atom is 0.330 e. The number of carbonyl (C=O) groups excluding carboxylic acids is 4. The number of hydrogen-bond acceptors (Lipinski definition) is 9. The predicted octanol–water partition coefficient (Wildman–Crippen LogP) is 1.48. The molecule has 0 aliphatic heterocycles. The van der Waals surface area contributed by atoms with Crippen LogP contribution >= 0.6 is 0 Å². The van der Waals surface area contributed by atoms with Crippen molar-refractivity contribution in [2.45, 2.75) is 26.2 Å². The second kappa shape index (κ2) is 15.9. The van der Waals surface area contributed by atoms with Gasteiger partial charge in [0.2, 0.25) is 0 Å². The van der Waals surface area contributed by atoms with Gasteiger partial charge in [-0.05, 0) is 13.0 Å². The van der Waals surface area contributed by atoms with Gasteiger partial charge in [0, 0.05) is 24.8 Å². The fraction of sp³-hybridized carbons (Fsp3) is 0.524. The highest BCUT2D eigenvalue weighted by Crippen LogP contribution is 2.22. The second-order valence-electron chi connectivity index (χ2n) is 6.45. The molecule has 1 N–H and O–H groups in total. The Hall–Kier alpha value is -2.94. The van der Waals surface area contributed by atoms with Gasteiger partial charge in [-0.2, -0.15) is 0 Å². The number of rotatable bonds is 17. The van der Waals surface area contributed by atoms with E-state index in [2.05, 4.69) is 32.0 Å². The van der Waals surface area contributed by atoms with Gasteiger partial charge in [0.1, 0.15) is 31.8 Å². The molecule has 9 nitrogen and oxygen atoms in total. The molecule has 0 aliphatic carbocycles. The predicted molar refractivity (Wildman–Crippen MR) is 109 cm³/mol. The lowest BCUT2D eigenvalue weighted by molar-refractivity contribution is -0.166. The molecule has 0 spiro atoms. The molecule has 30 heavy (non-hydrogen) atoms. The van der Waals surface area contributed by atoms with Crippen molar-refractivity contribution in [1.29, 1.82) is 0 Å². The van der Waals surface area contributed by atoms with Crippen LogP contribution in [0.5, 0.6) is 0 Å². The summed E-state index contributed by atoms with van der Waals surface area (Å²) in [5.41, 5.74) is -1.32. The van der Waals surface area contributed by atoms with Crippen LogP contribution in [0.15, 0.2) is 38.0 Å². The van der Waals surface area contributed by atoms with Crippen molar-refractivity contribution in [3.8, 4) is 0 Å². The summed E-state index contributed by atoms with van der Waals surface area (Å²) in [6, 6.07) is 0. The van der Waals surface area contributed by atoms with Crippen molar-refractivity contribution in [3.63, 3.8) is 0 Å². The van der Waals surface area contributed by atoms with Crippen LogP contribution in [0.1, 0.15) is 26.2 Å². The van der Waals surface area contributed by atoms with Crippen LogP contribution in [0.3, 0.4) is 0 Å². The van der Waals surface area contributed by atoms with E-state index in [0.29, 0.717) is 6.54 Å². The molecule has 0 aromatic heterocycles. The van der Waals surface area contributed by atoms with Crippen LogP contribution in [0.25, 0.3) is 0 Å². The first-order valence-corrected chi connectivity index (χ1v) is 9.56.